The molecule has 2 aliphatic heterocycles. The van der Waals surface area contributed by atoms with Crippen LogP contribution in [0.15, 0.2) is 23.1 Å². The SMILES string of the molecule is O=S(=O)(c1ccc(F)c(Cl)c1)N1CCN(C[C@H]2CCCCO2)CC1. The molecule has 0 saturated carbocycles. The molecule has 2 saturated heterocycles. The van der Waals surface area contributed by atoms with Gasteiger partial charge in [-0.1, -0.05) is 11.6 Å². The summed E-state index contributed by atoms with van der Waals surface area (Å²) in [7, 11) is -3.63. The van der Waals surface area contributed by atoms with Gasteiger partial charge in [-0.05, 0) is 37.5 Å². The van der Waals surface area contributed by atoms with E-state index in [-0.39, 0.29) is 16.0 Å². The predicted molar refractivity (Wildman–Crippen MR) is 90.2 cm³/mol. The van der Waals surface area contributed by atoms with E-state index in [9.17, 15) is 12.8 Å². The van der Waals surface area contributed by atoms with Crippen LogP contribution < -0.4 is 0 Å². The van der Waals surface area contributed by atoms with Crippen LogP contribution in [0.25, 0.3) is 0 Å². The minimum absolute atomic E-state index is 0.0398. The molecule has 24 heavy (non-hydrogen) atoms. The minimum atomic E-state index is -3.63. The summed E-state index contributed by atoms with van der Waals surface area (Å²) in [5.41, 5.74) is 0. The number of hydrogen-bond donors (Lipinski definition) is 0. The lowest BCUT2D eigenvalue weighted by Gasteiger charge is -2.36. The normalized spacial score (nSPS) is 24.2. The molecule has 1 aromatic carbocycles. The van der Waals surface area contributed by atoms with Gasteiger partial charge < -0.3 is 4.74 Å². The van der Waals surface area contributed by atoms with Crippen molar-refractivity contribution >= 4 is 21.6 Å². The zero-order valence-electron chi connectivity index (χ0n) is 13.5. The van der Waals surface area contributed by atoms with Crippen molar-refractivity contribution in [3.05, 3.63) is 29.0 Å². The van der Waals surface area contributed by atoms with E-state index in [0.29, 0.717) is 26.2 Å². The van der Waals surface area contributed by atoms with Gasteiger partial charge in [-0.3, -0.25) is 4.90 Å². The molecule has 0 spiro atoms. The highest BCUT2D eigenvalue weighted by molar-refractivity contribution is 7.89. The van der Waals surface area contributed by atoms with Crippen LogP contribution in [-0.4, -0.2) is 63.1 Å². The van der Waals surface area contributed by atoms with Crippen LogP contribution >= 0.6 is 11.6 Å². The molecule has 0 bridgehead atoms. The van der Waals surface area contributed by atoms with Crippen LogP contribution in [0.3, 0.4) is 0 Å². The van der Waals surface area contributed by atoms with E-state index in [1.54, 1.807) is 0 Å². The predicted octanol–water partition coefficient (Wildman–Crippen LogP) is 2.35. The van der Waals surface area contributed by atoms with Crippen molar-refractivity contribution in [2.45, 2.75) is 30.3 Å². The van der Waals surface area contributed by atoms with Gasteiger partial charge >= 0.3 is 0 Å². The third-order valence-electron chi connectivity index (χ3n) is 4.60. The van der Waals surface area contributed by atoms with Gasteiger partial charge in [0.05, 0.1) is 16.0 Å². The first kappa shape index (κ1) is 18.1. The number of benzene rings is 1. The van der Waals surface area contributed by atoms with E-state index in [2.05, 4.69) is 4.90 Å². The standard InChI is InChI=1S/C16H22ClFN2O3S/c17-15-11-14(4-5-16(15)18)24(21,22)20-8-6-19(7-9-20)12-13-3-1-2-10-23-13/h4-5,11,13H,1-3,6-10,12H2/t13-/m1/s1. The first-order valence-corrected chi connectivity index (χ1v) is 10.1. The second-order valence-electron chi connectivity index (χ2n) is 6.27. The molecule has 134 valence electrons. The Labute approximate surface area is 147 Å². The number of ether oxygens (including phenoxy) is 1. The monoisotopic (exact) mass is 376 g/mol. The van der Waals surface area contributed by atoms with Crippen molar-refractivity contribution in [1.82, 2.24) is 9.21 Å². The number of hydrogen-bond acceptors (Lipinski definition) is 4. The summed E-state index contributed by atoms with van der Waals surface area (Å²) in [4.78, 5) is 2.29. The van der Waals surface area contributed by atoms with Crippen molar-refractivity contribution in [3.8, 4) is 0 Å². The van der Waals surface area contributed by atoms with E-state index >= 15 is 0 Å². The number of sulfonamides is 1. The summed E-state index contributed by atoms with van der Waals surface area (Å²) in [6, 6.07) is 3.53. The summed E-state index contributed by atoms with van der Waals surface area (Å²) < 4.78 is 45.7. The number of piperazine rings is 1. The van der Waals surface area contributed by atoms with E-state index < -0.39 is 15.8 Å². The maximum atomic E-state index is 13.2. The van der Waals surface area contributed by atoms with Crippen molar-refractivity contribution in [3.63, 3.8) is 0 Å². The number of nitrogens with zero attached hydrogens (tertiary/aromatic N) is 2. The first-order chi connectivity index (χ1) is 11.5. The highest BCUT2D eigenvalue weighted by Gasteiger charge is 2.30. The average Bonchev–Trinajstić information content (AvgIpc) is 2.58. The Hall–Kier alpha value is -0.730. The molecule has 2 aliphatic rings. The van der Waals surface area contributed by atoms with Crippen LogP contribution in [0.2, 0.25) is 5.02 Å². The summed E-state index contributed by atoms with van der Waals surface area (Å²) in [5, 5.41) is -0.177. The third-order valence-corrected chi connectivity index (χ3v) is 6.78. The molecule has 8 heteroatoms. The molecule has 5 nitrogen and oxygen atoms in total. The molecule has 1 aromatic rings. The second kappa shape index (κ2) is 7.66. The fraction of sp³-hybridized carbons (Fsp3) is 0.625. The Kier molecular flexibility index (Phi) is 5.77. The molecule has 0 radical (unpaired) electrons. The van der Waals surface area contributed by atoms with Gasteiger partial charge in [0.25, 0.3) is 0 Å². The van der Waals surface area contributed by atoms with E-state index in [4.69, 9.17) is 16.3 Å². The molecule has 0 aliphatic carbocycles. The van der Waals surface area contributed by atoms with Crippen LogP contribution in [-0.2, 0) is 14.8 Å². The van der Waals surface area contributed by atoms with E-state index in [1.165, 1.54) is 22.9 Å². The van der Waals surface area contributed by atoms with Crippen molar-refractivity contribution in [2.75, 3.05) is 39.3 Å². The highest BCUT2D eigenvalue weighted by Crippen LogP contribution is 2.23. The smallest absolute Gasteiger partial charge is 0.243 e. The minimum Gasteiger partial charge on any atom is -0.377 e. The van der Waals surface area contributed by atoms with Crippen molar-refractivity contribution < 1.29 is 17.5 Å². The highest BCUT2D eigenvalue weighted by atomic mass is 35.5. The molecule has 0 aromatic heterocycles. The van der Waals surface area contributed by atoms with Gasteiger partial charge in [0, 0.05) is 39.3 Å². The van der Waals surface area contributed by atoms with Gasteiger partial charge in [0.2, 0.25) is 10.0 Å². The topological polar surface area (TPSA) is 49.9 Å². The molecular weight excluding hydrogens is 355 g/mol. The fourth-order valence-corrected chi connectivity index (χ4v) is 4.87. The van der Waals surface area contributed by atoms with E-state index in [1.807, 2.05) is 0 Å². The van der Waals surface area contributed by atoms with Crippen LogP contribution in [0.1, 0.15) is 19.3 Å². The summed E-state index contributed by atoms with van der Waals surface area (Å²) >= 11 is 5.71. The fourth-order valence-electron chi connectivity index (χ4n) is 3.18. The Balaban J connectivity index is 1.59. The van der Waals surface area contributed by atoms with Gasteiger partial charge in [-0.25, -0.2) is 12.8 Å². The van der Waals surface area contributed by atoms with Crippen LogP contribution in [0, 0.1) is 5.82 Å². The van der Waals surface area contributed by atoms with Gasteiger partial charge in [-0.15, -0.1) is 0 Å². The Morgan fingerprint density at radius 3 is 2.58 bits per heavy atom. The quantitative estimate of drug-likeness (QED) is 0.809. The summed E-state index contributed by atoms with van der Waals surface area (Å²) in [5.74, 6) is -0.618. The summed E-state index contributed by atoms with van der Waals surface area (Å²) in [6.07, 6.45) is 3.66. The second-order valence-corrected chi connectivity index (χ2v) is 8.61. The van der Waals surface area contributed by atoms with Gasteiger partial charge in [0.15, 0.2) is 0 Å². The van der Waals surface area contributed by atoms with Gasteiger partial charge in [0.1, 0.15) is 5.82 Å². The van der Waals surface area contributed by atoms with E-state index in [0.717, 1.165) is 32.1 Å². The first-order valence-electron chi connectivity index (χ1n) is 8.26. The summed E-state index contributed by atoms with van der Waals surface area (Å²) in [6.45, 7) is 3.87. The zero-order valence-corrected chi connectivity index (χ0v) is 15.0. The molecule has 2 fully saturated rings. The average molecular weight is 377 g/mol. The van der Waals surface area contributed by atoms with Crippen LogP contribution in [0.4, 0.5) is 4.39 Å². The molecule has 0 N–H and O–H groups in total. The lowest BCUT2D eigenvalue weighted by molar-refractivity contribution is -0.0103. The Morgan fingerprint density at radius 2 is 1.96 bits per heavy atom. The molecule has 0 unspecified atom stereocenters. The van der Waals surface area contributed by atoms with Gasteiger partial charge in [-0.2, -0.15) is 4.31 Å². The molecule has 0 amide bonds. The Morgan fingerprint density at radius 1 is 1.21 bits per heavy atom. The zero-order chi connectivity index (χ0) is 17.2. The van der Waals surface area contributed by atoms with Crippen molar-refractivity contribution in [1.29, 1.82) is 0 Å². The number of halogens is 2. The lowest BCUT2D eigenvalue weighted by Crippen LogP contribution is -2.50. The molecule has 3 rings (SSSR count). The maximum Gasteiger partial charge on any atom is 0.243 e. The maximum absolute atomic E-state index is 13.2. The Bertz CT molecular complexity index is 672. The third kappa shape index (κ3) is 4.08. The largest absolute Gasteiger partial charge is 0.377 e. The lowest BCUT2D eigenvalue weighted by atomic mass is 10.1. The number of rotatable bonds is 4. The molecule has 1 atom stereocenters. The van der Waals surface area contributed by atoms with Crippen molar-refractivity contribution in [2.24, 2.45) is 0 Å². The molecule has 2 heterocycles. The molecular formula is C16H22ClFN2O3S. The van der Waals surface area contributed by atoms with Crippen LogP contribution in [0.5, 0.6) is 0 Å².